The number of hydrogen-bond donors (Lipinski definition) is 0. The Hall–Kier alpha value is -6.74. The summed E-state index contributed by atoms with van der Waals surface area (Å²) in [6, 6.07) is 66.7. The van der Waals surface area contributed by atoms with Gasteiger partial charge in [-0.2, -0.15) is 0 Å². The zero-order valence-corrected chi connectivity index (χ0v) is 30.0. The van der Waals surface area contributed by atoms with E-state index < -0.39 is 0 Å². The summed E-state index contributed by atoms with van der Waals surface area (Å²) in [5.74, 6) is 0. The van der Waals surface area contributed by atoms with Crippen LogP contribution in [-0.2, 0) is 0 Å². The van der Waals surface area contributed by atoms with Gasteiger partial charge in [0, 0.05) is 30.9 Å². The third-order valence-electron chi connectivity index (χ3n) is 11.5. The quantitative estimate of drug-likeness (QED) is 0.167. The Bertz CT molecular complexity index is 3440. The molecule has 0 unspecified atom stereocenters. The van der Waals surface area contributed by atoms with E-state index >= 15 is 0 Å². The Morgan fingerprint density at radius 1 is 0.333 bits per heavy atom. The van der Waals surface area contributed by atoms with Crippen LogP contribution in [0.15, 0.2) is 186 Å². The van der Waals surface area contributed by atoms with Crippen LogP contribution in [0.4, 0.5) is 0 Å². The smallest absolute Gasteiger partial charge is 0.136 e. The summed E-state index contributed by atoms with van der Waals surface area (Å²) in [5, 5.41) is 15.0. The highest BCUT2D eigenvalue weighted by Crippen LogP contribution is 2.49. The lowest BCUT2D eigenvalue weighted by atomic mass is 9.83. The summed E-state index contributed by atoms with van der Waals surface area (Å²) in [7, 11) is 0. The molecule has 0 aliphatic heterocycles. The first-order chi connectivity index (χ1) is 26.8. The molecule has 250 valence electrons. The second-order valence-electron chi connectivity index (χ2n) is 14.3. The van der Waals surface area contributed by atoms with Crippen molar-refractivity contribution in [2.75, 3.05) is 0 Å². The van der Waals surface area contributed by atoms with Gasteiger partial charge in [0.15, 0.2) is 0 Å². The maximum atomic E-state index is 6.46. The minimum atomic E-state index is 0.940. The maximum Gasteiger partial charge on any atom is 0.136 e. The fraction of sp³-hybridized carbons (Fsp3) is 0. The second kappa shape index (κ2) is 11.4. The molecule has 0 amide bonds. The third kappa shape index (κ3) is 4.20. The number of benzene rings is 10. The van der Waals surface area contributed by atoms with Crippen molar-refractivity contribution in [2.24, 2.45) is 0 Å². The summed E-state index contributed by atoms with van der Waals surface area (Å²) in [5.41, 5.74) is 9.41. The second-order valence-corrected chi connectivity index (χ2v) is 15.4. The molecule has 54 heavy (non-hydrogen) atoms. The molecule has 0 atom stereocenters. The Balaban J connectivity index is 1.13. The average molecular weight is 703 g/mol. The van der Waals surface area contributed by atoms with Gasteiger partial charge in [0.2, 0.25) is 0 Å². The first-order valence-corrected chi connectivity index (χ1v) is 19.3. The molecule has 2 heterocycles. The van der Waals surface area contributed by atoms with Crippen molar-refractivity contribution in [1.29, 1.82) is 0 Å². The van der Waals surface area contributed by atoms with E-state index in [0.717, 1.165) is 11.2 Å². The van der Waals surface area contributed by atoms with Crippen LogP contribution in [0.2, 0.25) is 0 Å². The molecule has 12 aromatic rings. The van der Waals surface area contributed by atoms with Crippen LogP contribution in [0.3, 0.4) is 0 Å². The normalized spacial score (nSPS) is 12.1. The largest absolute Gasteiger partial charge is 0.456 e. The van der Waals surface area contributed by atoms with Gasteiger partial charge in [0.05, 0.1) is 0 Å². The van der Waals surface area contributed by atoms with Crippen molar-refractivity contribution in [2.45, 2.75) is 0 Å². The molecule has 1 nitrogen and oxygen atoms in total. The molecule has 0 fully saturated rings. The van der Waals surface area contributed by atoms with Crippen molar-refractivity contribution >= 4 is 96.5 Å². The van der Waals surface area contributed by atoms with Gasteiger partial charge in [-0.25, -0.2) is 0 Å². The van der Waals surface area contributed by atoms with Crippen molar-refractivity contribution < 1.29 is 4.42 Å². The molecule has 0 radical (unpaired) electrons. The van der Waals surface area contributed by atoms with E-state index in [1.165, 1.54) is 107 Å². The van der Waals surface area contributed by atoms with Crippen molar-refractivity contribution in [3.63, 3.8) is 0 Å². The van der Waals surface area contributed by atoms with Crippen LogP contribution < -0.4 is 0 Å². The van der Waals surface area contributed by atoms with E-state index in [2.05, 4.69) is 182 Å². The summed E-state index contributed by atoms with van der Waals surface area (Å²) in [6.07, 6.45) is 0. The van der Waals surface area contributed by atoms with Crippen LogP contribution in [0, 0.1) is 0 Å². The Morgan fingerprint density at radius 3 is 1.65 bits per heavy atom. The van der Waals surface area contributed by atoms with Crippen LogP contribution >= 0.6 is 11.3 Å². The van der Waals surface area contributed by atoms with Crippen LogP contribution in [0.25, 0.3) is 119 Å². The molecule has 0 N–H and O–H groups in total. The van der Waals surface area contributed by atoms with Crippen molar-refractivity contribution in [1.82, 2.24) is 0 Å². The molecule has 10 aromatic carbocycles. The number of rotatable bonds is 3. The molecule has 0 saturated carbocycles. The maximum absolute atomic E-state index is 6.46. The van der Waals surface area contributed by atoms with Crippen LogP contribution in [-0.4, -0.2) is 0 Å². The number of fused-ring (bicyclic) bond motifs is 12. The summed E-state index contributed by atoms with van der Waals surface area (Å²) in [4.78, 5) is 0. The van der Waals surface area contributed by atoms with Crippen LogP contribution in [0.1, 0.15) is 0 Å². The standard InChI is InChI=1S/C52H30OS/c1-2-12-31(13-3-1)34-24-25-42(37-17-7-6-16-36(34)37)49-40-20-10-8-18-38(40)48(39-19-9-11-21-41(39)49)33-23-29-47-44(30-33)43-26-28-46-51(52(43)54-47)50-35-15-5-4-14-32(35)22-27-45(50)53-46/h1-30H. The molecule has 0 aliphatic carbocycles. The fourth-order valence-electron chi connectivity index (χ4n) is 9.13. The molecular formula is C52H30OS. The highest BCUT2D eigenvalue weighted by molar-refractivity contribution is 7.26. The van der Waals surface area contributed by atoms with Gasteiger partial charge in [-0.15, -0.1) is 11.3 Å². The average Bonchev–Trinajstić information content (AvgIpc) is 3.81. The zero-order valence-electron chi connectivity index (χ0n) is 29.1. The monoisotopic (exact) mass is 702 g/mol. The van der Waals surface area contributed by atoms with Gasteiger partial charge in [-0.3, -0.25) is 0 Å². The zero-order chi connectivity index (χ0) is 35.3. The summed E-state index contributed by atoms with van der Waals surface area (Å²) < 4.78 is 9.03. The van der Waals surface area contributed by atoms with Crippen molar-refractivity contribution in [3.8, 4) is 33.4 Å². The molecule has 0 aliphatic rings. The molecule has 0 bridgehead atoms. The molecule has 12 rings (SSSR count). The lowest BCUT2D eigenvalue weighted by Gasteiger charge is -2.19. The molecule has 2 aromatic heterocycles. The van der Waals surface area contributed by atoms with E-state index in [1.54, 1.807) is 0 Å². The van der Waals surface area contributed by atoms with E-state index in [4.69, 9.17) is 4.42 Å². The first kappa shape index (κ1) is 29.8. The fourth-order valence-corrected chi connectivity index (χ4v) is 10.4. The predicted octanol–water partition coefficient (Wildman–Crippen LogP) is 15.6. The number of hydrogen-bond acceptors (Lipinski definition) is 2. The predicted molar refractivity (Wildman–Crippen MR) is 233 cm³/mol. The highest BCUT2D eigenvalue weighted by Gasteiger charge is 2.21. The lowest BCUT2D eigenvalue weighted by molar-refractivity contribution is 0.669. The van der Waals surface area contributed by atoms with E-state index in [9.17, 15) is 0 Å². The van der Waals surface area contributed by atoms with Crippen molar-refractivity contribution in [3.05, 3.63) is 182 Å². The van der Waals surface area contributed by atoms with E-state index in [-0.39, 0.29) is 0 Å². The molecular weight excluding hydrogens is 673 g/mol. The SMILES string of the molecule is c1ccc(-c2ccc(-c3c4ccccc4c(-c4ccc5sc6c(ccc7oc8ccc9ccccc9c8c76)c5c4)c4ccccc34)c3ccccc23)cc1. The van der Waals surface area contributed by atoms with E-state index in [0.29, 0.717) is 0 Å². The Kier molecular flexibility index (Phi) is 6.28. The topological polar surface area (TPSA) is 13.1 Å². The summed E-state index contributed by atoms with van der Waals surface area (Å²) >= 11 is 1.87. The third-order valence-corrected chi connectivity index (χ3v) is 12.7. The van der Waals surface area contributed by atoms with Gasteiger partial charge in [0.1, 0.15) is 11.2 Å². The minimum absolute atomic E-state index is 0.940. The minimum Gasteiger partial charge on any atom is -0.456 e. The van der Waals surface area contributed by atoms with E-state index in [1.807, 2.05) is 11.3 Å². The molecule has 0 spiro atoms. The van der Waals surface area contributed by atoms with Gasteiger partial charge < -0.3 is 4.42 Å². The first-order valence-electron chi connectivity index (χ1n) is 18.5. The van der Waals surface area contributed by atoms with Crippen LogP contribution in [0.5, 0.6) is 0 Å². The van der Waals surface area contributed by atoms with Gasteiger partial charge in [-0.05, 0) is 107 Å². The Morgan fingerprint density at radius 2 is 0.907 bits per heavy atom. The van der Waals surface area contributed by atoms with Gasteiger partial charge in [0.25, 0.3) is 0 Å². The number of furan rings is 1. The number of thiophene rings is 1. The molecule has 0 saturated heterocycles. The highest BCUT2D eigenvalue weighted by atomic mass is 32.1. The Labute approximate surface area is 314 Å². The lowest BCUT2D eigenvalue weighted by Crippen LogP contribution is -1.92. The van der Waals surface area contributed by atoms with Gasteiger partial charge in [-0.1, -0.05) is 152 Å². The molecule has 2 heteroatoms. The summed E-state index contributed by atoms with van der Waals surface area (Å²) in [6.45, 7) is 0. The van der Waals surface area contributed by atoms with Gasteiger partial charge >= 0.3 is 0 Å².